The van der Waals surface area contributed by atoms with E-state index < -0.39 is 0 Å². The number of anilines is 1. The maximum absolute atomic E-state index is 4.06. The van der Waals surface area contributed by atoms with E-state index in [2.05, 4.69) is 41.5 Å². The molecule has 0 aliphatic carbocycles. The van der Waals surface area contributed by atoms with Gasteiger partial charge in [-0.15, -0.1) is 0 Å². The molecule has 0 radical (unpaired) electrons. The highest BCUT2D eigenvalue weighted by Gasteiger charge is 1.97. The van der Waals surface area contributed by atoms with Crippen LogP contribution >= 0.6 is 11.8 Å². The summed E-state index contributed by atoms with van der Waals surface area (Å²) in [4.78, 5) is 4.06. The Balaban J connectivity index is 1.88. The molecule has 0 spiro atoms. The lowest BCUT2D eigenvalue weighted by molar-refractivity contribution is 0.989. The maximum Gasteiger partial charge on any atom is 0.0991 e. The quantitative estimate of drug-likeness (QED) is 0.774. The van der Waals surface area contributed by atoms with Crippen LogP contribution in [0.2, 0.25) is 0 Å². The van der Waals surface area contributed by atoms with Gasteiger partial charge in [0.15, 0.2) is 0 Å². The lowest BCUT2D eigenvalue weighted by Gasteiger charge is -2.08. The van der Waals surface area contributed by atoms with Crippen LogP contribution in [-0.2, 0) is 0 Å². The number of nitrogens with zero attached hydrogens (tertiary/aromatic N) is 2. The first-order chi connectivity index (χ1) is 8.90. The number of thioether (sulfide) groups is 1. The average Bonchev–Trinajstić information content (AvgIpc) is 2.93. The summed E-state index contributed by atoms with van der Waals surface area (Å²) in [6, 6.07) is 8.40. The lowest BCUT2D eigenvalue weighted by atomic mass is 10.2. The van der Waals surface area contributed by atoms with Crippen molar-refractivity contribution in [2.45, 2.75) is 13.3 Å². The number of benzene rings is 1. The van der Waals surface area contributed by atoms with Crippen molar-refractivity contribution in [2.75, 3.05) is 23.4 Å². The first-order valence-corrected chi connectivity index (χ1v) is 7.45. The zero-order valence-corrected chi connectivity index (χ0v) is 11.5. The number of rotatable bonds is 7. The van der Waals surface area contributed by atoms with Gasteiger partial charge in [0.25, 0.3) is 0 Å². The Morgan fingerprint density at radius 1 is 1.39 bits per heavy atom. The van der Waals surface area contributed by atoms with Gasteiger partial charge in [0.1, 0.15) is 0 Å². The van der Waals surface area contributed by atoms with Crippen molar-refractivity contribution in [3.8, 4) is 5.69 Å². The van der Waals surface area contributed by atoms with E-state index in [0.717, 1.165) is 12.2 Å². The fourth-order valence-electron chi connectivity index (χ4n) is 1.74. The second-order valence-electron chi connectivity index (χ2n) is 4.00. The van der Waals surface area contributed by atoms with Crippen molar-refractivity contribution in [3.63, 3.8) is 0 Å². The van der Waals surface area contributed by atoms with Crippen LogP contribution in [0.1, 0.15) is 13.3 Å². The third-order valence-electron chi connectivity index (χ3n) is 2.65. The van der Waals surface area contributed by atoms with Crippen LogP contribution in [0.3, 0.4) is 0 Å². The van der Waals surface area contributed by atoms with Crippen LogP contribution in [0.15, 0.2) is 43.0 Å². The molecule has 2 aromatic rings. The van der Waals surface area contributed by atoms with Crippen molar-refractivity contribution in [1.29, 1.82) is 0 Å². The monoisotopic (exact) mass is 261 g/mol. The standard InChI is InChI=1S/C14H19N3S/c1-2-18-10-4-7-16-13-5-3-6-14(11-13)17-9-8-15-12-17/h3,5-6,8-9,11-12,16H,2,4,7,10H2,1H3. The van der Waals surface area contributed by atoms with Gasteiger partial charge in [-0.2, -0.15) is 11.8 Å². The fourth-order valence-corrected chi connectivity index (χ4v) is 2.38. The predicted molar refractivity (Wildman–Crippen MR) is 79.7 cm³/mol. The lowest BCUT2D eigenvalue weighted by Crippen LogP contribution is -2.03. The van der Waals surface area contributed by atoms with E-state index in [0.29, 0.717) is 0 Å². The van der Waals surface area contributed by atoms with E-state index in [1.807, 2.05) is 28.9 Å². The summed E-state index contributed by atoms with van der Waals surface area (Å²) in [6.45, 7) is 3.23. The van der Waals surface area contributed by atoms with Crippen molar-refractivity contribution in [2.24, 2.45) is 0 Å². The van der Waals surface area contributed by atoms with Crippen molar-refractivity contribution in [3.05, 3.63) is 43.0 Å². The minimum Gasteiger partial charge on any atom is -0.385 e. The van der Waals surface area contributed by atoms with Gasteiger partial charge in [0, 0.05) is 30.3 Å². The highest BCUT2D eigenvalue weighted by Crippen LogP contribution is 2.14. The second-order valence-corrected chi connectivity index (χ2v) is 5.39. The van der Waals surface area contributed by atoms with Gasteiger partial charge in [-0.05, 0) is 36.1 Å². The number of imidazole rings is 1. The SMILES string of the molecule is CCSCCCNc1cccc(-n2ccnc2)c1. The topological polar surface area (TPSA) is 29.9 Å². The predicted octanol–water partition coefficient (Wildman–Crippen LogP) is 3.43. The Labute approximate surface area is 113 Å². The van der Waals surface area contributed by atoms with Crippen LogP contribution in [0.4, 0.5) is 5.69 Å². The van der Waals surface area contributed by atoms with E-state index in [1.165, 1.54) is 23.6 Å². The van der Waals surface area contributed by atoms with Gasteiger partial charge in [0.2, 0.25) is 0 Å². The largest absolute Gasteiger partial charge is 0.385 e. The third-order valence-corrected chi connectivity index (χ3v) is 3.63. The van der Waals surface area contributed by atoms with Crippen LogP contribution in [0.25, 0.3) is 5.69 Å². The van der Waals surface area contributed by atoms with Gasteiger partial charge >= 0.3 is 0 Å². The molecule has 3 nitrogen and oxygen atoms in total. The molecule has 96 valence electrons. The molecule has 4 heteroatoms. The molecule has 0 fully saturated rings. The highest BCUT2D eigenvalue weighted by atomic mass is 32.2. The molecule has 1 N–H and O–H groups in total. The first kappa shape index (κ1) is 13.0. The Hall–Kier alpha value is -1.42. The highest BCUT2D eigenvalue weighted by molar-refractivity contribution is 7.99. The molecule has 2 rings (SSSR count). The summed E-state index contributed by atoms with van der Waals surface area (Å²) in [7, 11) is 0. The van der Waals surface area contributed by atoms with Crippen molar-refractivity contribution >= 4 is 17.4 Å². The molecule has 0 aliphatic heterocycles. The molecule has 0 saturated heterocycles. The number of nitrogens with one attached hydrogen (secondary N) is 1. The van der Waals surface area contributed by atoms with E-state index in [-0.39, 0.29) is 0 Å². The molecular weight excluding hydrogens is 242 g/mol. The zero-order valence-electron chi connectivity index (χ0n) is 10.7. The second kappa shape index (κ2) is 7.11. The van der Waals surface area contributed by atoms with Crippen molar-refractivity contribution in [1.82, 2.24) is 9.55 Å². The third kappa shape index (κ3) is 3.81. The maximum atomic E-state index is 4.06. The fraction of sp³-hybridized carbons (Fsp3) is 0.357. The molecule has 0 bridgehead atoms. The summed E-state index contributed by atoms with van der Waals surface area (Å²) < 4.78 is 2.01. The van der Waals surface area contributed by atoms with Gasteiger partial charge in [0.05, 0.1) is 6.33 Å². The molecule has 1 aromatic heterocycles. The van der Waals surface area contributed by atoms with Gasteiger partial charge < -0.3 is 9.88 Å². The summed E-state index contributed by atoms with van der Waals surface area (Å²) in [5, 5.41) is 3.46. The normalized spacial score (nSPS) is 10.5. The van der Waals surface area contributed by atoms with E-state index in [9.17, 15) is 0 Å². The molecule has 1 aromatic carbocycles. The molecular formula is C14H19N3S. The smallest absolute Gasteiger partial charge is 0.0991 e. The van der Waals surface area contributed by atoms with Crippen molar-refractivity contribution < 1.29 is 0 Å². The Morgan fingerprint density at radius 3 is 3.11 bits per heavy atom. The molecule has 0 unspecified atom stereocenters. The average molecular weight is 261 g/mol. The molecule has 0 amide bonds. The molecule has 1 heterocycles. The van der Waals surface area contributed by atoms with Crippen LogP contribution in [0.5, 0.6) is 0 Å². The Kier molecular flexibility index (Phi) is 5.15. The van der Waals surface area contributed by atoms with E-state index in [1.54, 1.807) is 6.20 Å². The van der Waals surface area contributed by atoms with E-state index >= 15 is 0 Å². The van der Waals surface area contributed by atoms with Crippen LogP contribution in [-0.4, -0.2) is 27.6 Å². The minimum absolute atomic E-state index is 1.03. The molecule has 0 atom stereocenters. The van der Waals surface area contributed by atoms with Gasteiger partial charge in [-0.1, -0.05) is 13.0 Å². The summed E-state index contributed by atoms with van der Waals surface area (Å²) in [5.41, 5.74) is 2.31. The number of aromatic nitrogens is 2. The van der Waals surface area contributed by atoms with Crippen LogP contribution < -0.4 is 5.32 Å². The van der Waals surface area contributed by atoms with Crippen LogP contribution in [0, 0.1) is 0 Å². The number of hydrogen-bond acceptors (Lipinski definition) is 3. The zero-order chi connectivity index (χ0) is 12.6. The first-order valence-electron chi connectivity index (χ1n) is 6.30. The molecule has 0 aliphatic rings. The summed E-state index contributed by atoms with van der Waals surface area (Å²) in [5.74, 6) is 2.43. The minimum atomic E-state index is 1.03. The summed E-state index contributed by atoms with van der Waals surface area (Å²) >= 11 is 1.99. The van der Waals surface area contributed by atoms with Gasteiger partial charge in [-0.25, -0.2) is 4.98 Å². The summed E-state index contributed by atoms with van der Waals surface area (Å²) in [6.07, 6.45) is 6.77. The van der Waals surface area contributed by atoms with Gasteiger partial charge in [-0.3, -0.25) is 0 Å². The molecule has 18 heavy (non-hydrogen) atoms. The Bertz CT molecular complexity index is 454. The Morgan fingerprint density at radius 2 is 2.33 bits per heavy atom. The molecule has 0 saturated carbocycles. The number of hydrogen-bond donors (Lipinski definition) is 1. The van der Waals surface area contributed by atoms with E-state index in [4.69, 9.17) is 0 Å².